The third kappa shape index (κ3) is 2.88. The van der Waals surface area contributed by atoms with Crippen LogP contribution in [0.4, 0.5) is 0 Å². The third-order valence-electron chi connectivity index (χ3n) is 3.13. The van der Waals surface area contributed by atoms with Gasteiger partial charge in [-0.15, -0.1) is 0 Å². The summed E-state index contributed by atoms with van der Waals surface area (Å²) in [5.41, 5.74) is 0. The van der Waals surface area contributed by atoms with Crippen molar-refractivity contribution in [2.45, 2.75) is 17.9 Å². The van der Waals surface area contributed by atoms with Crippen LogP contribution in [0.3, 0.4) is 0 Å². The Labute approximate surface area is 122 Å². The molecule has 1 atom stereocenters. The standard InChI is InChI=1S/C14H15NO5S/c1-10(12-3-2-6-18-12)15-21(16,17)11-4-5-13-14(9-11)20-8-7-19-13/h2-6,9-10,15H,7-8H2,1H3/t10-/m1/s1. The van der Waals surface area contributed by atoms with E-state index in [9.17, 15) is 8.42 Å². The van der Waals surface area contributed by atoms with Gasteiger partial charge in [-0.1, -0.05) is 0 Å². The van der Waals surface area contributed by atoms with E-state index >= 15 is 0 Å². The summed E-state index contributed by atoms with van der Waals surface area (Å²) in [6, 6.07) is 7.52. The average Bonchev–Trinajstić information content (AvgIpc) is 3.00. The maximum Gasteiger partial charge on any atom is 0.241 e. The summed E-state index contributed by atoms with van der Waals surface area (Å²) in [5, 5.41) is 0. The van der Waals surface area contributed by atoms with Gasteiger partial charge in [-0.25, -0.2) is 13.1 Å². The molecule has 0 unspecified atom stereocenters. The van der Waals surface area contributed by atoms with Crippen LogP contribution >= 0.6 is 0 Å². The Morgan fingerprint density at radius 1 is 1.14 bits per heavy atom. The van der Waals surface area contributed by atoms with Crippen LogP contribution in [0.15, 0.2) is 45.9 Å². The zero-order valence-electron chi connectivity index (χ0n) is 11.4. The number of furan rings is 1. The van der Waals surface area contributed by atoms with Crippen molar-refractivity contribution in [1.82, 2.24) is 4.72 Å². The van der Waals surface area contributed by atoms with E-state index in [0.717, 1.165) is 0 Å². The van der Waals surface area contributed by atoms with Crippen molar-refractivity contribution in [1.29, 1.82) is 0 Å². The highest BCUT2D eigenvalue weighted by molar-refractivity contribution is 7.89. The van der Waals surface area contributed by atoms with Crippen LogP contribution in [0, 0.1) is 0 Å². The van der Waals surface area contributed by atoms with Crippen molar-refractivity contribution < 1.29 is 22.3 Å². The van der Waals surface area contributed by atoms with Gasteiger partial charge in [0, 0.05) is 6.07 Å². The molecule has 0 radical (unpaired) electrons. The molecule has 0 bridgehead atoms. The van der Waals surface area contributed by atoms with Gasteiger partial charge in [0.25, 0.3) is 0 Å². The number of sulfonamides is 1. The molecule has 21 heavy (non-hydrogen) atoms. The predicted molar refractivity (Wildman–Crippen MR) is 74.9 cm³/mol. The Kier molecular flexibility index (Phi) is 3.60. The zero-order valence-corrected chi connectivity index (χ0v) is 12.2. The highest BCUT2D eigenvalue weighted by Crippen LogP contribution is 2.32. The van der Waals surface area contributed by atoms with Gasteiger partial charge in [0.15, 0.2) is 11.5 Å². The molecule has 0 saturated heterocycles. The molecule has 1 aromatic carbocycles. The SMILES string of the molecule is C[C@@H](NS(=O)(=O)c1ccc2c(c1)OCCO2)c1ccco1. The summed E-state index contributed by atoms with van der Waals surface area (Å²) in [6.45, 7) is 2.59. The number of fused-ring (bicyclic) bond motifs is 1. The molecule has 0 amide bonds. The number of hydrogen-bond donors (Lipinski definition) is 1. The Hall–Kier alpha value is -1.99. The van der Waals surface area contributed by atoms with E-state index in [1.807, 2.05) is 0 Å². The van der Waals surface area contributed by atoms with Crippen molar-refractivity contribution in [2.75, 3.05) is 13.2 Å². The molecule has 0 spiro atoms. The minimum Gasteiger partial charge on any atom is -0.486 e. The molecule has 112 valence electrons. The molecule has 7 heteroatoms. The molecule has 1 aliphatic heterocycles. The first-order valence-corrected chi connectivity index (χ1v) is 8.00. The molecule has 1 aromatic heterocycles. The number of rotatable bonds is 4. The lowest BCUT2D eigenvalue weighted by molar-refractivity contribution is 0.171. The summed E-state index contributed by atoms with van der Waals surface area (Å²) in [4.78, 5) is 0.130. The second kappa shape index (κ2) is 5.42. The molecular weight excluding hydrogens is 294 g/mol. The van der Waals surface area contributed by atoms with Crippen LogP contribution in [0.2, 0.25) is 0 Å². The van der Waals surface area contributed by atoms with Gasteiger partial charge in [0.1, 0.15) is 19.0 Å². The molecule has 0 fully saturated rings. The van der Waals surface area contributed by atoms with Gasteiger partial charge in [-0.3, -0.25) is 0 Å². The van der Waals surface area contributed by atoms with E-state index in [1.54, 1.807) is 25.1 Å². The van der Waals surface area contributed by atoms with Crippen LogP contribution in [0.5, 0.6) is 11.5 Å². The molecule has 2 aromatic rings. The maximum atomic E-state index is 12.4. The van der Waals surface area contributed by atoms with E-state index in [-0.39, 0.29) is 4.90 Å². The largest absolute Gasteiger partial charge is 0.486 e. The lowest BCUT2D eigenvalue weighted by Crippen LogP contribution is -2.27. The summed E-state index contributed by atoms with van der Waals surface area (Å²) in [5.74, 6) is 1.55. The van der Waals surface area contributed by atoms with Crippen molar-refractivity contribution in [3.8, 4) is 11.5 Å². The molecule has 3 rings (SSSR count). The van der Waals surface area contributed by atoms with Crippen LogP contribution in [-0.2, 0) is 10.0 Å². The monoisotopic (exact) mass is 309 g/mol. The highest BCUT2D eigenvalue weighted by atomic mass is 32.2. The van der Waals surface area contributed by atoms with Crippen LogP contribution in [0.1, 0.15) is 18.7 Å². The molecular formula is C14H15NO5S. The van der Waals surface area contributed by atoms with Crippen molar-refractivity contribution >= 4 is 10.0 Å². The first-order chi connectivity index (χ1) is 10.1. The van der Waals surface area contributed by atoms with E-state index in [0.29, 0.717) is 30.5 Å². The van der Waals surface area contributed by atoms with Gasteiger partial charge in [0.2, 0.25) is 10.0 Å². The maximum absolute atomic E-state index is 12.4. The summed E-state index contributed by atoms with van der Waals surface area (Å²) >= 11 is 0. The summed E-state index contributed by atoms with van der Waals surface area (Å²) in [7, 11) is -3.66. The minimum atomic E-state index is -3.66. The lowest BCUT2D eigenvalue weighted by atomic mass is 10.3. The number of benzene rings is 1. The minimum absolute atomic E-state index is 0.130. The van der Waals surface area contributed by atoms with Crippen LogP contribution in [0.25, 0.3) is 0 Å². The van der Waals surface area contributed by atoms with Crippen LogP contribution < -0.4 is 14.2 Å². The number of ether oxygens (including phenoxy) is 2. The van der Waals surface area contributed by atoms with Gasteiger partial charge < -0.3 is 13.9 Å². The van der Waals surface area contributed by atoms with E-state index in [2.05, 4.69) is 4.72 Å². The normalized spacial score (nSPS) is 15.7. The smallest absolute Gasteiger partial charge is 0.241 e. The summed E-state index contributed by atoms with van der Waals surface area (Å²) in [6.07, 6.45) is 1.50. The fraction of sp³-hybridized carbons (Fsp3) is 0.286. The highest BCUT2D eigenvalue weighted by Gasteiger charge is 2.22. The van der Waals surface area contributed by atoms with E-state index in [4.69, 9.17) is 13.9 Å². The first kappa shape index (κ1) is 14.0. The lowest BCUT2D eigenvalue weighted by Gasteiger charge is -2.19. The molecule has 0 saturated carbocycles. The van der Waals surface area contributed by atoms with Crippen LogP contribution in [-0.4, -0.2) is 21.6 Å². The van der Waals surface area contributed by atoms with Gasteiger partial charge in [0.05, 0.1) is 17.2 Å². The van der Waals surface area contributed by atoms with Crippen molar-refractivity contribution in [3.05, 3.63) is 42.4 Å². The summed E-state index contributed by atoms with van der Waals surface area (Å²) < 4.78 is 43.3. The van der Waals surface area contributed by atoms with Crippen molar-refractivity contribution in [2.24, 2.45) is 0 Å². The number of nitrogens with one attached hydrogen (secondary N) is 1. The Bertz CT molecular complexity index is 724. The molecule has 1 aliphatic rings. The second-order valence-corrected chi connectivity index (χ2v) is 6.38. The van der Waals surface area contributed by atoms with E-state index in [1.165, 1.54) is 18.4 Å². The quantitative estimate of drug-likeness (QED) is 0.935. The number of hydrogen-bond acceptors (Lipinski definition) is 5. The Balaban J connectivity index is 1.84. The fourth-order valence-corrected chi connectivity index (χ4v) is 3.31. The van der Waals surface area contributed by atoms with Crippen molar-refractivity contribution in [3.63, 3.8) is 0 Å². The zero-order chi connectivity index (χ0) is 14.9. The topological polar surface area (TPSA) is 77.8 Å². The van der Waals surface area contributed by atoms with E-state index < -0.39 is 16.1 Å². The first-order valence-electron chi connectivity index (χ1n) is 6.52. The average molecular weight is 309 g/mol. The van der Waals surface area contributed by atoms with Gasteiger partial charge >= 0.3 is 0 Å². The second-order valence-electron chi connectivity index (χ2n) is 4.66. The molecule has 0 aliphatic carbocycles. The molecule has 2 heterocycles. The Morgan fingerprint density at radius 2 is 1.90 bits per heavy atom. The van der Waals surface area contributed by atoms with Gasteiger partial charge in [-0.05, 0) is 31.2 Å². The molecule has 1 N–H and O–H groups in total. The predicted octanol–water partition coefficient (Wildman–Crippen LogP) is 2.09. The third-order valence-corrected chi connectivity index (χ3v) is 4.66. The fourth-order valence-electron chi connectivity index (χ4n) is 2.09. The molecule has 6 nitrogen and oxygen atoms in total. The van der Waals surface area contributed by atoms with Gasteiger partial charge in [-0.2, -0.15) is 0 Å². The Morgan fingerprint density at radius 3 is 2.62 bits per heavy atom.